The summed E-state index contributed by atoms with van der Waals surface area (Å²) in [6, 6.07) is 17.9. The lowest BCUT2D eigenvalue weighted by Crippen LogP contribution is -2.35. The summed E-state index contributed by atoms with van der Waals surface area (Å²) in [5.41, 5.74) is 3.38. The molecule has 0 saturated carbocycles. The molecular weight excluding hydrogens is 326 g/mol. The third-order valence-electron chi connectivity index (χ3n) is 5.84. The Morgan fingerprint density at radius 2 is 1.69 bits per heavy atom. The molecule has 2 aromatic carbocycles. The first-order valence-corrected chi connectivity index (χ1v) is 9.29. The second-order valence-corrected chi connectivity index (χ2v) is 7.35. The van der Waals surface area contributed by atoms with Gasteiger partial charge in [-0.15, -0.1) is 0 Å². The highest BCUT2D eigenvalue weighted by Crippen LogP contribution is 2.38. The van der Waals surface area contributed by atoms with Gasteiger partial charge < -0.3 is 10.0 Å². The number of rotatable bonds is 3. The minimum atomic E-state index is -0.821. The Balaban J connectivity index is 1.59. The van der Waals surface area contributed by atoms with Crippen LogP contribution in [0.5, 0.6) is 0 Å². The van der Waals surface area contributed by atoms with Gasteiger partial charge >= 0.3 is 5.97 Å². The molecule has 134 valence electrons. The van der Waals surface area contributed by atoms with E-state index in [0.717, 1.165) is 30.4 Å². The van der Waals surface area contributed by atoms with Gasteiger partial charge in [0.05, 0.1) is 11.8 Å². The summed E-state index contributed by atoms with van der Waals surface area (Å²) in [7, 11) is 0. The molecule has 1 saturated heterocycles. The Hall–Kier alpha value is -2.62. The van der Waals surface area contributed by atoms with E-state index in [1.807, 2.05) is 42.5 Å². The van der Waals surface area contributed by atoms with Crippen LogP contribution in [0.1, 0.15) is 41.4 Å². The molecule has 4 heteroatoms. The number of carbonyl (C=O) groups is 2. The van der Waals surface area contributed by atoms with Crippen molar-refractivity contribution < 1.29 is 14.7 Å². The van der Waals surface area contributed by atoms with Gasteiger partial charge in [-0.25, -0.2) is 0 Å². The Morgan fingerprint density at radius 3 is 2.46 bits per heavy atom. The van der Waals surface area contributed by atoms with Crippen LogP contribution in [0.15, 0.2) is 54.6 Å². The zero-order valence-corrected chi connectivity index (χ0v) is 14.7. The van der Waals surface area contributed by atoms with Gasteiger partial charge in [0.15, 0.2) is 0 Å². The smallest absolute Gasteiger partial charge is 0.308 e. The van der Waals surface area contributed by atoms with Gasteiger partial charge in [-0.05, 0) is 36.0 Å². The molecule has 1 heterocycles. The standard InChI is InChI=1S/C22H23NO3/c24-21(18-12-6-10-15-9-4-5-11-17(15)18)23-13-19(20(14-23)22(25)26)16-7-2-1-3-8-16/h1-5,7-9,11,18-20H,6,10,12-14H2,(H,25,26)/t18?,19-,20-/m1/s1. The van der Waals surface area contributed by atoms with Gasteiger partial charge in [0.25, 0.3) is 0 Å². The summed E-state index contributed by atoms with van der Waals surface area (Å²) >= 11 is 0. The number of likely N-dealkylation sites (tertiary alicyclic amines) is 1. The summed E-state index contributed by atoms with van der Waals surface area (Å²) < 4.78 is 0. The average molecular weight is 349 g/mol. The van der Waals surface area contributed by atoms with Crippen molar-refractivity contribution >= 4 is 11.9 Å². The van der Waals surface area contributed by atoms with E-state index in [-0.39, 0.29) is 17.7 Å². The van der Waals surface area contributed by atoms with Crippen molar-refractivity contribution in [2.24, 2.45) is 5.92 Å². The molecule has 1 unspecified atom stereocenters. The lowest BCUT2D eigenvalue weighted by Gasteiger charge is -2.28. The van der Waals surface area contributed by atoms with E-state index in [9.17, 15) is 14.7 Å². The molecule has 1 fully saturated rings. The highest BCUT2D eigenvalue weighted by Gasteiger charge is 2.42. The second-order valence-electron chi connectivity index (χ2n) is 7.35. The fourth-order valence-corrected chi connectivity index (χ4v) is 4.50. The number of carbonyl (C=O) groups excluding carboxylic acids is 1. The summed E-state index contributed by atoms with van der Waals surface area (Å²) in [6.07, 6.45) is 2.87. The number of aliphatic carboxylic acids is 1. The molecule has 3 atom stereocenters. The molecule has 1 amide bonds. The molecule has 0 bridgehead atoms. The van der Waals surface area contributed by atoms with Crippen LogP contribution in [0.25, 0.3) is 0 Å². The fourth-order valence-electron chi connectivity index (χ4n) is 4.50. The Kier molecular flexibility index (Phi) is 4.49. The molecule has 2 aliphatic rings. The summed E-state index contributed by atoms with van der Waals surface area (Å²) in [6.45, 7) is 0.783. The van der Waals surface area contributed by atoms with E-state index in [1.165, 1.54) is 5.56 Å². The van der Waals surface area contributed by atoms with E-state index in [1.54, 1.807) is 4.90 Å². The number of hydrogen-bond donors (Lipinski definition) is 1. The SMILES string of the molecule is O=C(O)[C@@H]1CN(C(=O)C2CCCc3ccccc32)C[C@@H]1c1ccccc1. The topological polar surface area (TPSA) is 57.6 Å². The van der Waals surface area contributed by atoms with Crippen LogP contribution in [0.4, 0.5) is 0 Å². The third-order valence-corrected chi connectivity index (χ3v) is 5.84. The maximum Gasteiger partial charge on any atom is 0.308 e. The lowest BCUT2D eigenvalue weighted by atomic mass is 9.82. The largest absolute Gasteiger partial charge is 0.481 e. The Morgan fingerprint density at radius 1 is 0.962 bits per heavy atom. The van der Waals surface area contributed by atoms with Crippen molar-refractivity contribution in [1.29, 1.82) is 0 Å². The minimum Gasteiger partial charge on any atom is -0.481 e. The van der Waals surface area contributed by atoms with Crippen LogP contribution in [0.3, 0.4) is 0 Å². The first-order valence-electron chi connectivity index (χ1n) is 9.29. The van der Waals surface area contributed by atoms with Gasteiger partial charge in [0.1, 0.15) is 0 Å². The number of carboxylic acids is 1. The molecule has 26 heavy (non-hydrogen) atoms. The van der Waals surface area contributed by atoms with Gasteiger partial charge in [0.2, 0.25) is 5.91 Å². The molecule has 0 radical (unpaired) electrons. The molecule has 2 aromatic rings. The van der Waals surface area contributed by atoms with Crippen LogP contribution < -0.4 is 0 Å². The van der Waals surface area contributed by atoms with Crippen molar-refractivity contribution in [3.05, 3.63) is 71.3 Å². The van der Waals surface area contributed by atoms with Crippen LogP contribution in [-0.4, -0.2) is 35.0 Å². The molecule has 4 rings (SSSR count). The van der Waals surface area contributed by atoms with E-state index in [2.05, 4.69) is 12.1 Å². The number of amides is 1. The Labute approximate surface area is 153 Å². The first kappa shape index (κ1) is 16.8. The van der Waals surface area contributed by atoms with Gasteiger partial charge in [-0.3, -0.25) is 9.59 Å². The molecule has 0 aromatic heterocycles. The minimum absolute atomic E-state index is 0.0850. The first-order chi connectivity index (χ1) is 12.6. The predicted octanol–water partition coefficient (Wildman–Crippen LogP) is 3.43. The number of hydrogen-bond acceptors (Lipinski definition) is 2. The van der Waals surface area contributed by atoms with Crippen molar-refractivity contribution in [3.63, 3.8) is 0 Å². The number of carboxylic acid groups (broad SMARTS) is 1. The summed E-state index contributed by atoms with van der Waals surface area (Å²) in [4.78, 5) is 26.8. The van der Waals surface area contributed by atoms with Crippen molar-refractivity contribution in [1.82, 2.24) is 4.90 Å². The molecule has 0 spiro atoms. The number of fused-ring (bicyclic) bond motifs is 1. The molecular formula is C22H23NO3. The number of benzene rings is 2. The zero-order chi connectivity index (χ0) is 18.1. The van der Waals surface area contributed by atoms with Crippen LogP contribution in [-0.2, 0) is 16.0 Å². The van der Waals surface area contributed by atoms with E-state index >= 15 is 0 Å². The van der Waals surface area contributed by atoms with Crippen molar-refractivity contribution in [3.8, 4) is 0 Å². The van der Waals surface area contributed by atoms with E-state index in [4.69, 9.17) is 0 Å². The molecule has 1 N–H and O–H groups in total. The average Bonchev–Trinajstić information content (AvgIpc) is 3.13. The van der Waals surface area contributed by atoms with E-state index in [0.29, 0.717) is 13.1 Å². The quantitative estimate of drug-likeness (QED) is 0.923. The van der Waals surface area contributed by atoms with Crippen molar-refractivity contribution in [2.75, 3.05) is 13.1 Å². The van der Waals surface area contributed by atoms with E-state index < -0.39 is 11.9 Å². The summed E-state index contributed by atoms with van der Waals surface area (Å²) in [5.74, 6) is -1.55. The highest BCUT2D eigenvalue weighted by atomic mass is 16.4. The van der Waals surface area contributed by atoms with Crippen molar-refractivity contribution in [2.45, 2.75) is 31.1 Å². The molecule has 1 aliphatic heterocycles. The monoisotopic (exact) mass is 349 g/mol. The number of nitrogens with zero attached hydrogens (tertiary/aromatic N) is 1. The maximum atomic E-state index is 13.2. The van der Waals surface area contributed by atoms with Crippen LogP contribution in [0.2, 0.25) is 0 Å². The second kappa shape index (κ2) is 6.94. The highest BCUT2D eigenvalue weighted by molar-refractivity contribution is 5.86. The fraction of sp³-hybridized carbons (Fsp3) is 0.364. The lowest BCUT2D eigenvalue weighted by molar-refractivity contribution is -0.142. The molecule has 4 nitrogen and oxygen atoms in total. The van der Waals surface area contributed by atoms with Gasteiger partial charge in [0, 0.05) is 19.0 Å². The molecule has 1 aliphatic carbocycles. The predicted molar refractivity (Wildman–Crippen MR) is 99.0 cm³/mol. The maximum absolute atomic E-state index is 13.2. The van der Waals surface area contributed by atoms with Gasteiger partial charge in [-0.1, -0.05) is 54.6 Å². The Bertz CT molecular complexity index is 817. The third kappa shape index (κ3) is 3.00. The number of aryl methyl sites for hydroxylation is 1. The van der Waals surface area contributed by atoms with Crippen LogP contribution >= 0.6 is 0 Å². The summed E-state index contributed by atoms with van der Waals surface area (Å²) in [5, 5.41) is 9.67. The zero-order valence-electron chi connectivity index (χ0n) is 14.7. The normalized spacial score (nSPS) is 24.9. The van der Waals surface area contributed by atoms with Crippen LogP contribution in [0, 0.1) is 5.92 Å². The van der Waals surface area contributed by atoms with Gasteiger partial charge in [-0.2, -0.15) is 0 Å².